The summed E-state index contributed by atoms with van der Waals surface area (Å²) < 4.78 is 0. The second kappa shape index (κ2) is 8.49. The molecule has 1 aromatic heterocycles. The number of benzene rings is 3. The molecule has 0 fully saturated rings. The van der Waals surface area contributed by atoms with Crippen LogP contribution >= 0.6 is 0 Å². The number of primary amides is 1. The minimum absolute atomic E-state index is 0.0775. The van der Waals surface area contributed by atoms with Gasteiger partial charge >= 0.3 is 0 Å². The minimum Gasteiger partial charge on any atom is -0.368 e. The zero-order chi connectivity index (χ0) is 24.0. The highest BCUT2D eigenvalue weighted by atomic mass is 16.2. The van der Waals surface area contributed by atoms with Crippen molar-refractivity contribution in [3.05, 3.63) is 95.1 Å². The van der Waals surface area contributed by atoms with Crippen LogP contribution < -0.4 is 5.73 Å². The molecular formula is C29H29N3O2. The fourth-order valence-electron chi connectivity index (χ4n) is 5.23. The summed E-state index contributed by atoms with van der Waals surface area (Å²) in [6, 6.07) is 23.0. The van der Waals surface area contributed by atoms with Gasteiger partial charge in [-0.15, -0.1) is 0 Å². The smallest absolute Gasteiger partial charge is 0.255 e. The number of H-pyrrole nitrogens is 1. The van der Waals surface area contributed by atoms with Crippen LogP contribution in [-0.2, 0) is 4.79 Å². The molecule has 3 aromatic carbocycles. The molecule has 1 aliphatic heterocycles. The van der Waals surface area contributed by atoms with Gasteiger partial charge in [0.2, 0.25) is 5.91 Å². The van der Waals surface area contributed by atoms with Crippen molar-refractivity contribution < 1.29 is 9.59 Å². The molecular weight excluding hydrogens is 422 g/mol. The van der Waals surface area contributed by atoms with E-state index in [1.165, 1.54) is 5.56 Å². The third-order valence-electron chi connectivity index (χ3n) is 7.13. The number of carbonyl (C=O) groups is 2. The van der Waals surface area contributed by atoms with Crippen molar-refractivity contribution in [3.63, 3.8) is 0 Å². The lowest BCUT2D eigenvalue weighted by molar-refractivity contribution is -0.124. The zero-order valence-electron chi connectivity index (χ0n) is 19.7. The van der Waals surface area contributed by atoms with Crippen molar-refractivity contribution in [2.24, 2.45) is 11.7 Å². The number of para-hydroxylation sites is 1. The number of amides is 2. The summed E-state index contributed by atoms with van der Waals surface area (Å²) in [6.07, 6.45) is 0.735. The SMILES string of the molecule is CCC(C)C(C(N)=O)N1C(=O)c2ccccc2C1c1c(-c2ccc(C)cc2)[nH]c2ccccc12. The third kappa shape index (κ3) is 3.39. The first kappa shape index (κ1) is 22.0. The Hall–Kier alpha value is -3.86. The quantitative estimate of drug-likeness (QED) is 0.401. The van der Waals surface area contributed by atoms with E-state index < -0.39 is 18.0 Å². The largest absolute Gasteiger partial charge is 0.368 e. The maximum atomic E-state index is 13.8. The van der Waals surface area contributed by atoms with Crippen LogP contribution in [0.25, 0.3) is 22.2 Å². The fourth-order valence-corrected chi connectivity index (χ4v) is 5.23. The molecule has 2 amide bonds. The van der Waals surface area contributed by atoms with Gasteiger partial charge in [0.05, 0.1) is 11.7 Å². The summed E-state index contributed by atoms with van der Waals surface area (Å²) in [6.45, 7) is 6.07. The number of hydrogen-bond acceptors (Lipinski definition) is 2. The van der Waals surface area contributed by atoms with Gasteiger partial charge in [-0.2, -0.15) is 0 Å². The van der Waals surface area contributed by atoms with E-state index in [1.807, 2.05) is 56.3 Å². The first-order chi connectivity index (χ1) is 16.4. The average molecular weight is 452 g/mol. The molecule has 5 heteroatoms. The van der Waals surface area contributed by atoms with Gasteiger partial charge in [-0.1, -0.05) is 86.5 Å². The zero-order valence-corrected chi connectivity index (χ0v) is 19.7. The molecule has 0 saturated carbocycles. The van der Waals surface area contributed by atoms with Gasteiger partial charge in [-0.05, 0) is 36.1 Å². The van der Waals surface area contributed by atoms with Crippen molar-refractivity contribution >= 4 is 22.7 Å². The van der Waals surface area contributed by atoms with Gasteiger partial charge < -0.3 is 15.6 Å². The summed E-state index contributed by atoms with van der Waals surface area (Å²) in [5.41, 5.74) is 12.6. The third-order valence-corrected chi connectivity index (χ3v) is 7.13. The number of aromatic amines is 1. The van der Waals surface area contributed by atoms with Gasteiger partial charge in [-0.25, -0.2) is 0 Å². The Kier molecular flexibility index (Phi) is 5.48. The Morgan fingerprint density at radius 3 is 2.41 bits per heavy atom. The summed E-state index contributed by atoms with van der Waals surface area (Å²) in [5, 5.41) is 1.03. The highest BCUT2D eigenvalue weighted by molar-refractivity contribution is 6.04. The molecule has 5 rings (SSSR count). The number of carbonyl (C=O) groups excluding carboxylic acids is 2. The number of aromatic nitrogens is 1. The number of nitrogens with one attached hydrogen (secondary N) is 1. The van der Waals surface area contributed by atoms with Crippen molar-refractivity contribution in [1.82, 2.24) is 9.88 Å². The van der Waals surface area contributed by atoms with E-state index in [0.29, 0.717) is 5.56 Å². The Balaban J connectivity index is 1.82. The Labute approximate surface area is 199 Å². The van der Waals surface area contributed by atoms with E-state index in [4.69, 9.17) is 5.73 Å². The van der Waals surface area contributed by atoms with Crippen LogP contribution in [-0.4, -0.2) is 27.7 Å². The van der Waals surface area contributed by atoms with Gasteiger partial charge in [0, 0.05) is 22.0 Å². The van der Waals surface area contributed by atoms with Crippen LogP contribution in [0.2, 0.25) is 0 Å². The molecule has 5 nitrogen and oxygen atoms in total. The van der Waals surface area contributed by atoms with E-state index in [2.05, 4.69) is 42.2 Å². The molecule has 1 aliphatic rings. The predicted octanol–water partition coefficient (Wildman–Crippen LogP) is 5.59. The second-order valence-corrected chi connectivity index (χ2v) is 9.26. The van der Waals surface area contributed by atoms with Crippen LogP contribution in [0.15, 0.2) is 72.8 Å². The van der Waals surface area contributed by atoms with Crippen molar-refractivity contribution in [2.75, 3.05) is 0 Å². The number of aryl methyl sites for hydroxylation is 1. The predicted molar refractivity (Wildman–Crippen MR) is 135 cm³/mol. The van der Waals surface area contributed by atoms with E-state index >= 15 is 0 Å². The summed E-state index contributed by atoms with van der Waals surface area (Å²) in [4.78, 5) is 31.9. The Morgan fingerprint density at radius 2 is 1.71 bits per heavy atom. The normalized spacial score (nSPS) is 17.1. The average Bonchev–Trinajstić information content (AvgIpc) is 3.35. The van der Waals surface area contributed by atoms with Crippen LogP contribution in [0.4, 0.5) is 0 Å². The lowest BCUT2D eigenvalue weighted by atomic mass is 9.90. The lowest BCUT2D eigenvalue weighted by Gasteiger charge is -2.35. The van der Waals surface area contributed by atoms with E-state index in [1.54, 1.807) is 4.90 Å². The molecule has 0 bridgehead atoms. The molecule has 0 aliphatic carbocycles. The molecule has 2 heterocycles. The van der Waals surface area contributed by atoms with Crippen LogP contribution in [0.1, 0.15) is 53.4 Å². The molecule has 3 N–H and O–H groups in total. The van der Waals surface area contributed by atoms with Crippen molar-refractivity contribution in [3.8, 4) is 11.3 Å². The fraction of sp³-hybridized carbons (Fsp3) is 0.241. The molecule has 4 aromatic rings. The number of hydrogen-bond donors (Lipinski definition) is 2. The first-order valence-electron chi connectivity index (χ1n) is 11.8. The molecule has 3 atom stereocenters. The van der Waals surface area contributed by atoms with Gasteiger partial charge in [-0.3, -0.25) is 9.59 Å². The number of rotatable bonds is 6. The van der Waals surface area contributed by atoms with Crippen LogP contribution in [0, 0.1) is 12.8 Å². The van der Waals surface area contributed by atoms with E-state index in [-0.39, 0.29) is 11.8 Å². The van der Waals surface area contributed by atoms with Crippen molar-refractivity contribution in [1.29, 1.82) is 0 Å². The second-order valence-electron chi connectivity index (χ2n) is 9.26. The maximum absolute atomic E-state index is 13.8. The van der Waals surface area contributed by atoms with Gasteiger partial charge in [0.25, 0.3) is 5.91 Å². The Morgan fingerprint density at radius 1 is 1.03 bits per heavy atom. The number of nitrogens with two attached hydrogens (primary N) is 1. The number of fused-ring (bicyclic) bond motifs is 2. The molecule has 0 spiro atoms. The monoisotopic (exact) mass is 451 g/mol. The van der Waals surface area contributed by atoms with Crippen molar-refractivity contribution in [2.45, 2.75) is 39.3 Å². The van der Waals surface area contributed by atoms with Gasteiger partial charge in [0.1, 0.15) is 6.04 Å². The highest BCUT2D eigenvalue weighted by Crippen LogP contribution is 2.47. The molecule has 172 valence electrons. The summed E-state index contributed by atoms with van der Waals surface area (Å²) in [7, 11) is 0. The van der Waals surface area contributed by atoms with Crippen LogP contribution in [0.5, 0.6) is 0 Å². The lowest BCUT2D eigenvalue weighted by Crippen LogP contribution is -2.50. The summed E-state index contributed by atoms with van der Waals surface area (Å²) in [5.74, 6) is -0.701. The van der Waals surface area contributed by atoms with E-state index in [9.17, 15) is 9.59 Å². The standard InChI is InChI=1S/C29H29N3O2/c1-4-18(3)26(28(30)33)32-27(20-9-5-6-10-21(20)29(32)34)24-22-11-7-8-12-23(22)31-25(24)19-15-13-17(2)14-16-19/h5-16,18,26-27,31H,4H2,1-3H3,(H2,30,33). The molecule has 0 radical (unpaired) electrons. The summed E-state index contributed by atoms with van der Waals surface area (Å²) >= 11 is 0. The first-order valence-corrected chi connectivity index (χ1v) is 11.8. The minimum atomic E-state index is -0.713. The van der Waals surface area contributed by atoms with E-state index in [0.717, 1.165) is 39.7 Å². The number of nitrogens with zero attached hydrogens (tertiary/aromatic N) is 1. The molecule has 34 heavy (non-hydrogen) atoms. The van der Waals surface area contributed by atoms with Gasteiger partial charge in [0.15, 0.2) is 0 Å². The molecule has 3 unspecified atom stereocenters. The topological polar surface area (TPSA) is 79.2 Å². The molecule has 0 saturated heterocycles. The Bertz CT molecular complexity index is 1390. The maximum Gasteiger partial charge on any atom is 0.255 e. The highest BCUT2D eigenvalue weighted by Gasteiger charge is 2.46. The van der Waals surface area contributed by atoms with Crippen LogP contribution in [0.3, 0.4) is 0 Å².